The number of carbonyl (C=O) groups excluding carboxylic acids is 1. The van der Waals surface area contributed by atoms with Crippen molar-refractivity contribution in [3.63, 3.8) is 0 Å². The topological polar surface area (TPSA) is 42.9 Å². The molecular formula is C24H36N2O. The Morgan fingerprint density at radius 2 is 1.33 bits per heavy atom. The molecule has 3 heteroatoms. The molecule has 0 spiro atoms. The van der Waals surface area contributed by atoms with Crippen LogP contribution < -0.4 is 0 Å². The van der Waals surface area contributed by atoms with E-state index in [2.05, 4.69) is 34.5 Å². The molecular weight excluding hydrogens is 332 g/mol. The molecule has 0 saturated heterocycles. The van der Waals surface area contributed by atoms with Gasteiger partial charge in [-0.1, -0.05) is 88.5 Å². The Labute approximate surface area is 165 Å². The molecule has 0 saturated carbocycles. The average molecular weight is 369 g/mol. The Balaban J connectivity index is 1.41. The summed E-state index contributed by atoms with van der Waals surface area (Å²) < 4.78 is 0. The second kappa shape index (κ2) is 13.4. The van der Waals surface area contributed by atoms with Crippen LogP contribution in [0.3, 0.4) is 0 Å². The predicted octanol–water partition coefficient (Wildman–Crippen LogP) is 6.83. The molecule has 1 aromatic heterocycles. The minimum atomic E-state index is 0.333. The molecule has 0 aliphatic carbocycles. The molecule has 27 heavy (non-hydrogen) atoms. The average Bonchev–Trinajstić information content (AvgIpc) is 2.68. The van der Waals surface area contributed by atoms with Gasteiger partial charge in [-0.2, -0.15) is 10.2 Å². The van der Waals surface area contributed by atoms with Crippen LogP contribution in [-0.2, 0) is 11.2 Å². The van der Waals surface area contributed by atoms with E-state index in [0.717, 1.165) is 25.0 Å². The number of unbranched alkanes of at least 4 members (excludes halogenated alkanes) is 11. The van der Waals surface area contributed by atoms with Gasteiger partial charge in [0.2, 0.25) is 0 Å². The molecule has 0 amide bonds. The third-order valence-corrected chi connectivity index (χ3v) is 5.34. The summed E-state index contributed by atoms with van der Waals surface area (Å²) in [6.45, 7) is 1.69. The molecule has 1 heterocycles. The first kappa shape index (κ1) is 21.5. The van der Waals surface area contributed by atoms with Crippen LogP contribution in [-0.4, -0.2) is 16.0 Å². The number of fused-ring (bicyclic) bond motifs is 1. The van der Waals surface area contributed by atoms with Gasteiger partial charge in [0.15, 0.2) is 0 Å². The van der Waals surface area contributed by atoms with Gasteiger partial charge in [-0.15, -0.1) is 0 Å². The molecule has 0 aliphatic heterocycles. The summed E-state index contributed by atoms with van der Waals surface area (Å²) in [6.07, 6.45) is 19.3. The van der Waals surface area contributed by atoms with Gasteiger partial charge in [0.05, 0.1) is 11.9 Å². The van der Waals surface area contributed by atoms with Gasteiger partial charge in [0.1, 0.15) is 5.78 Å². The van der Waals surface area contributed by atoms with Gasteiger partial charge in [0, 0.05) is 17.2 Å². The van der Waals surface area contributed by atoms with Crippen LogP contribution in [0.4, 0.5) is 0 Å². The Morgan fingerprint density at radius 1 is 0.778 bits per heavy atom. The lowest BCUT2D eigenvalue weighted by molar-refractivity contribution is -0.117. The second-order valence-electron chi connectivity index (χ2n) is 7.82. The normalized spacial score (nSPS) is 11.1. The van der Waals surface area contributed by atoms with Crippen molar-refractivity contribution < 1.29 is 4.79 Å². The molecule has 2 rings (SSSR count). The summed E-state index contributed by atoms with van der Waals surface area (Å²) in [5.74, 6) is 0.333. The molecule has 0 radical (unpaired) electrons. The molecule has 0 atom stereocenters. The molecule has 0 N–H and O–H groups in total. The second-order valence-corrected chi connectivity index (χ2v) is 7.82. The fourth-order valence-corrected chi connectivity index (χ4v) is 3.71. The highest BCUT2D eigenvalue weighted by molar-refractivity contribution is 5.83. The Morgan fingerprint density at radius 3 is 1.96 bits per heavy atom. The van der Waals surface area contributed by atoms with Crippen molar-refractivity contribution in [3.05, 3.63) is 36.2 Å². The fourth-order valence-electron chi connectivity index (χ4n) is 3.71. The van der Waals surface area contributed by atoms with Gasteiger partial charge < -0.3 is 4.79 Å². The van der Waals surface area contributed by atoms with E-state index >= 15 is 0 Å². The molecule has 2 aromatic rings. The van der Waals surface area contributed by atoms with Crippen molar-refractivity contribution in [1.29, 1.82) is 0 Å². The summed E-state index contributed by atoms with van der Waals surface area (Å²) in [7, 11) is 0. The lowest BCUT2D eigenvalue weighted by Gasteiger charge is -2.05. The number of benzene rings is 1. The van der Waals surface area contributed by atoms with E-state index in [1.54, 1.807) is 6.92 Å². The fraction of sp³-hybridized carbons (Fsp3) is 0.625. The molecule has 0 bridgehead atoms. The maximum atomic E-state index is 10.9. The van der Waals surface area contributed by atoms with E-state index in [1.807, 2.05) is 6.20 Å². The molecule has 0 unspecified atom stereocenters. The number of nitrogens with zero attached hydrogens (tertiary/aromatic N) is 2. The van der Waals surface area contributed by atoms with Crippen LogP contribution in [0.2, 0.25) is 0 Å². The van der Waals surface area contributed by atoms with Crippen LogP contribution in [0.25, 0.3) is 10.8 Å². The Kier molecular flexibility index (Phi) is 10.7. The van der Waals surface area contributed by atoms with Crippen molar-refractivity contribution in [1.82, 2.24) is 10.2 Å². The highest BCUT2D eigenvalue weighted by atomic mass is 16.1. The van der Waals surface area contributed by atoms with Crippen LogP contribution in [0.5, 0.6) is 0 Å². The van der Waals surface area contributed by atoms with Crippen molar-refractivity contribution in [2.75, 3.05) is 0 Å². The zero-order chi connectivity index (χ0) is 19.2. The first-order valence-corrected chi connectivity index (χ1v) is 11.0. The minimum absolute atomic E-state index is 0.333. The largest absolute Gasteiger partial charge is 0.300 e. The molecule has 3 nitrogen and oxygen atoms in total. The molecule has 0 fully saturated rings. The smallest absolute Gasteiger partial charge is 0.129 e. The van der Waals surface area contributed by atoms with Gasteiger partial charge in [0.25, 0.3) is 0 Å². The predicted molar refractivity (Wildman–Crippen MR) is 114 cm³/mol. The molecule has 0 aliphatic rings. The SMILES string of the molecule is CC(=O)CCCCCCCCCCCCCCc1nncc2ccccc12. The lowest BCUT2D eigenvalue weighted by Crippen LogP contribution is -1.95. The number of aromatic nitrogens is 2. The summed E-state index contributed by atoms with van der Waals surface area (Å²) in [6, 6.07) is 8.41. The van der Waals surface area contributed by atoms with E-state index in [-0.39, 0.29) is 0 Å². The first-order chi connectivity index (χ1) is 13.3. The van der Waals surface area contributed by atoms with E-state index in [4.69, 9.17) is 0 Å². The van der Waals surface area contributed by atoms with Gasteiger partial charge in [-0.25, -0.2) is 0 Å². The van der Waals surface area contributed by atoms with E-state index in [9.17, 15) is 4.79 Å². The van der Waals surface area contributed by atoms with Crippen molar-refractivity contribution in [3.8, 4) is 0 Å². The number of carbonyl (C=O) groups is 1. The van der Waals surface area contributed by atoms with Gasteiger partial charge in [-0.05, 0) is 26.2 Å². The monoisotopic (exact) mass is 368 g/mol. The van der Waals surface area contributed by atoms with Gasteiger partial charge in [-0.3, -0.25) is 0 Å². The number of hydrogen-bond donors (Lipinski definition) is 0. The van der Waals surface area contributed by atoms with Crippen LogP contribution >= 0.6 is 0 Å². The lowest BCUT2D eigenvalue weighted by atomic mass is 10.0. The Bertz CT molecular complexity index is 663. The summed E-state index contributed by atoms with van der Waals surface area (Å²) in [5.41, 5.74) is 1.15. The number of aryl methyl sites for hydroxylation is 1. The van der Waals surface area contributed by atoms with Gasteiger partial charge >= 0.3 is 0 Å². The third kappa shape index (κ3) is 9.12. The number of rotatable bonds is 15. The molecule has 1 aromatic carbocycles. The number of Topliss-reactive ketones (excluding diaryl/α,β-unsaturated/α-hetero) is 1. The van der Waals surface area contributed by atoms with Crippen molar-refractivity contribution in [2.24, 2.45) is 0 Å². The first-order valence-electron chi connectivity index (χ1n) is 11.0. The highest BCUT2D eigenvalue weighted by Crippen LogP contribution is 2.18. The van der Waals surface area contributed by atoms with E-state index in [0.29, 0.717) is 5.78 Å². The van der Waals surface area contributed by atoms with E-state index in [1.165, 1.54) is 81.4 Å². The Hall–Kier alpha value is -1.77. The van der Waals surface area contributed by atoms with Crippen LogP contribution in [0, 0.1) is 0 Å². The van der Waals surface area contributed by atoms with Crippen LogP contribution in [0.15, 0.2) is 30.5 Å². The molecule has 148 valence electrons. The summed E-state index contributed by atoms with van der Waals surface area (Å²) in [5, 5.41) is 10.9. The highest BCUT2D eigenvalue weighted by Gasteiger charge is 2.02. The third-order valence-electron chi connectivity index (χ3n) is 5.34. The van der Waals surface area contributed by atoms with E-state index < -0.39 is 0 Å². The maximum Gasteiger partial charge on any atom is 0.129 e. The van der Waals surface area contributed by atoms with Crippen LogP contribution in [0.1, 0.15) is 96.1 Å². The minimum Gasteiger partial charge on any atom is -0.300 e. The zero-order valence-corrected chi connectivity index (χ0v) is 17.1. The summed E-state index contributed by atoms with van der Waals surface area (Å²) >= 11 is 0. The number of ketones is 1. The standard InChI is InChI=1S/C24H36N2O/c1-21(27)16-12-10-8-6-4-2-3-5-7-9-11-13-19-24-23-18-15-14-17-22(23)20-25-26-24/h14-15,17-18,20H,2-13,16,19H2,1H3. The maximum absolute atomic E-state index is 10.9. The van der Waals surface area contributed by atoms with Crippen molar-refractivity contribution in [2.45, 2.75) is 96.8 Å². The quantitative estimate of drug-likeness (QED) is 0.323. The summed E-state index contributed by atoms with van der Waals surface area (Å²) in [4.78, 5) is 10.9. The zero-order valence-electron chi connectivity index (χ0n) is 17.1. The number of hydrogen-bond acceptors (Lipinski definition) is 3. The van der Waals surface area contributed by atoms with Crippen molar-refractivity contribution >= 4 is 16.6 Å².